The van der Waals surface area contributed by atoms with Crippen LogP contribution in [0.4, 0.5) is 11.5 Å². The van der Waals surface area contributed by atoms with Gasteiger partial charge >= 0.3 is 0 Å². The van der Waals surface area contributed by atoms with Gasteiger partial charge < -0.3 is 20.3 Å². The highest BCUT2D eigenvalue weighted by atomic mass is 16.5. The molecule has 2 fully saturated rings. The third-order valence-electron chi connectivity index (χ3n) is 5.99. The lowest BCUT2D eigenvalue weighted by atomic mass is 9.88. The zero-order chi connectivity index (χ0) is 21.5. The molecule has 2 amide bonds. The molecule has 0 bridgehead atoms. The number of benzene rings is 1. The molecule has 0 atom stereocenters. The number of nitrogens with zero attached hydrogens (tertiary/aromatic N) is 2. The van der Waals surface area contributed by atoms with Crippen LogP contribution < -0.4 is 15.5 Å². The highest BCUT2D eigenvalue weighted by Gasteiger charge is 2.21. The summed E-state index contributed by atoms with van der Waals surface area (Å²) in [6.45, 7) is 3.34. The average molecular weight is 423 g/mol. The van der Waals surface area contributed by atoms with E-state index in [1.54, 1.807) is 24.4 Å². The number of hydrogen-bond acceptors (Lipinski definition) is 5. The maximum Gasteiger partial charge on any atom is 0.251 e. The molecule has 0 spiro atoms. The van der Waals surface area contributed by atoms with Gasteiger partial charge in [0.25, 0.3) is 5.91 Å². The topological polar surface area (TPSA) is 83.6 Å². The summed E-state index contributed by atoms with van der Waals surface area (Å²) in [5.74, 6) is 0.850. The van der Waals surface area contributed by atoms with E-state index in [0.29, 0.717) is 31.0 Å². The fourth-order valence-corrected chi connectivity index (χ4v) is 4.25. The average Bonchev–Trinajstić information content (AvgIpc) is 2.84. The second-order valence-electron chi connectivity index (χ2n) is 8.17. The Morgan fingerprint density at radius 2 is 1.87 bits per heavy atom. The van der Waals surface area contributed by atoms with Crippen molar-refractivity contribution in [3.63, 3.8) is 0 Å². The van der Waals surface area contributed by atoms with E-state index in [2.05, 4.69) is 20.5 Å². The number of hydrogen-bond donors (Lipinski definition) is 2. The molecular formula is C24H30N4O3. The molecular weight excluding hydrogens is 392 g/mol. The van der Waals surface area contributed by atoms with Gasteiger partial charge in [-0.2, -0.15) is 0 Å². The Morgan fingerprint density at radius 3 is 2.68 bits per heavy atom. The van der Waals surface area contributed by atoms with Crippen molar-refractivity contribution in [2.45, 2.75) is 38.6 Å². The summed E-state index contributed by atoms with van der Waals surface area (Å²) < 4.78 is 5.43. The third kappa shape index (κ3) is 5.61. The normalized spacial score (nSPS) is 17.2. The number of nitrogens with one attached hydrogen (secondary N) is 2. The van der Waals surface area contributed by atoms with Gasteiger partial charge in [0, 0.05) is 48.6 Å². The number of anilines is 2. The number of carbonyl (C=O) groups excluding carboxylic acids is 2. The van der Waals surface area contributed by atoms with E-state index in [1.165, 1.54) is 6.42 Å². The van der Waals surface area contributed by atoms with Gasteiger partial charge in [-0.3, -0.25) is 9.59 Å². The van der Waals surface area contributed by atoms with E-state index in [1.807, 2.05) is 18.2 Å². The van der Waals surface area contributed by atoms with Crippen molar-refractivity contribution in [3.8, 4) is 0 Å². The van der Waals surface area contributed by atoms with Gasteiger partial charge in [-0.15, -0.1) is 0 Å². The van der Waals surface area contributed by atoms with Crippen LogP contribution in [0.25, 0.3) is 0 Å². The van der Waals surface area contributed by atoms with Crippen LogP contribution in [-0.4, -0.2) is 43.1 Å². The van der Waals surface area contributed by atoms with Crippen LogP contribution in [0.3, 0.4) is 0 Å². The molecule has 1 saturated carbocycles. The first-order chi connectivity index (χ1) is 15.2. The molecule has 0 unspecified atom stereocenters. The summed E-state index contributed by atoms with van der Waals surface area (Å²) in [5.41, 5.74) is 2.16. The summed E-state index contributed by atoms with van der Waals surface area (Å²) in [4.78, 5) is 32.0. The zero-order valence-electron chi connectivity index (χ0n) is 17.8. The SMILES string of the molecule is O=C(NCc1cccnc1N1CCOCC1)c1cccc(NC(=O)C2CCCCC2)c1. The van der Waals surface area contributed by atoms with E-state index >= 15 is 0 Å². The second kappa shape index (κ2) is 10.4. The van der Waals surface area contributed by atoms with Gasteiger partial charge in [0.1, 0.15) is 5.82 Å². The Kier molecular flexibility index (Phi) is 7.14. The first kappa shape index (κ1) is 21.3. The van der Waals surface area contributed by atoms with E-state index in [0.717, 1.165) is 50.2 Å². The van der Waals surface area contributed by atoms with Gasteiger partial charge in [-0.25, -0.2) is 4.98 Å². The molecule has 2 aliphatic rings. The van der Waals surface area contributed by atoms with Crippen LogP contribution in [0.5, 0.6) is 0 Å². The van der Waals surface area contributed by atoms with Gasteiger partial charge in [0.15, 0.2) is 0 Å². The van der Waals surface area contributed by atoms with Crippen LogP contribution >= 0.6 is 0 Å². The molecule has 2 N–H and O–H groups in total. The summed E-state index contributed by atoms with van der Waals surface area (Å²) >= 11 is 0. The lowest BCUT2D eigenvalue weighted by molar-refractivity contribution is -0.120. The minimum Gasteiger partial charge on any atom is -0.378 e. The molecule has 164 valence electrons. The number of aromatic nitrogens is 1. The van der Waals surface area contributed by atoms with Crippen LogP contribution in [0.15, 0.2) is 42.6 Å². The third-order valence-corrected chi connectivity index (χ3v) is 5.99. The monoisotopic (exact) mass is 422 g/mol. The quantitative estimate of drug-likeness (QED) is 0.746. The highest BCUT2D eigenvalue weighted by Crippen LogP contribution is 2.25. The molecule has 1 aliphatic heterocycles. The van der Waals surface area contributed by atoms with Crippen LogP contribution in [-0.2, 0) is 16.1 Å². The molecule has 1 aromatic heterocycles. The van der Waals surface area contributed by atoms with Gasteiger partial charge in [-0.1, -0.05) is 31.4 Å². The summed E-state index contributed by atoms with van der Waals surface area (Å²) in [6.07, 6.45) is 7.10. The van der Waals surface area contributed by atoms with Crippen molar-refractivity contribution >= 4 is 23.3 Å². The van der Waals surface area contributed by atoms with Crippen molar-refractivity contribution in [2.24, 2.45) is 5.92 Å². The zero-order valence-corrected chi connectivity index (χ0v) is 17.8. The Labute approximate surface area is 183 Å². The molecule has 31 heavy (non-hydrogen) atoms. The molecule has 4 rings (SSSR count). The number of ether oxygens (including phenoxy) is 1. The molecule has 2 heterocycles. The Balaban J connectivity index is 1.37. The van der Waals surface area contributed by atoms with Crippen LogP contribution in [0.1, 0.15) is 48.0 Å². The second-order valence-corrected chi connectivity index (χ2v) is 8.17. The number of rotatable bonds is 6. The van der Waals surface area contributed by atoms with Crippen molar-refractivity contribution in [1.29, 1.82) is 0 Å². The predicted octanol–water partition coefficient (Wildman–Crippen LogP) is 3.37. The van der Waals surface area contributed by atoms with Crippen molar-refractivity contribution in [3.05, 3.63) is 53.7 Å². The molecule has 7 heteroatoms. The molecule has 1 saturated heterocycles. The predicted molar refractivity (Wildman–Crippen MR) is 120 cm³/mol. The standard InChI is InChI=1S/C24H30N4O3/c29-23(26-17-20-9-5-11-25-22(20)28-12-14-31-15-13-28)19-8-4-10-21(16-19)27-24(30)18-6-2-1-3-7-18/h4-5,8-11,16,18H,1-3,6-7,12-15,17H2,(H,26,29)(H,27,30). The van der Waals surface area contributed by atoms with E-state index in [4.69, 9.17) is 4.74 Å². The number of pyridine rings is 1. The van der Waals surface area contributed by atoms with Gasteiger partial charge in [0.05, 0.1) is 13.2 Å². The van der Waals surface area contributed by atoms with Crippen LogP contribution in [0, 0.1) is 5.92 Å². The van der Waals surface area contributed by atoms with Crippen molar-refractivity contribution in [2.75, 3.05) is 36.5 Å². The lowest BCUT2D eigenvalue weighted by Gasteiger charge is -2.29. The minimum atomic E-state index is -0.175. The van der Waals surface area contributed by atoms with E-state index in [-0.39, 0.29) is 17.7 Å². The first-order valence-corrected chi connectivity index (χ1v) is 11.2. The minimum absolute atomic E-state index is 0.0581. The fourth-order valence-electron chi connectivity index (χ4n) is 4.25. The van der Waals surface area contributed by atoms with Gasteiger partial charge in [0.2, 0.25) is 5.91 Å². The highest BCUT2D eigenvalue weighted by molar-refractivity contribution is 5.97. The first-order valence-electron chi connectivity index (χ1n) is 11.2. The number of carbonyl (C=O) groups is 2. The fraction of sp³-hybridized carbons (Fsp3) is 0.458. The largest absolute Gasteiger partial charge is 0.378 e. The van der Waals surface area contributed by atoms with Crippen molar-refractivity contribution < 1.29 is 14.3 Å². The van der Waals surface area contributed by atoms with Crippen molar-refractivity contribution in [1.82, 2.24) is 10.3 Å². The maximum atomic E-state index is 12.8. The maximum absolute atomic E-state index is 12.8. The molecule has 1 aromatic carbocycles. The Bertz CT molecular complexity index is 905. The summed E-state index contributed by atoms with van der Waals surface area (Å²) in [5, 5.41) is 5.97. The number of amides is 2. The molecule has 7 nitrogen and oxygen atoms in total. The smallest absolute Gasteiger partial charge is 0.251 e. The lowest BCUT2D eigenvalue weighted by Crippen LogP contribution is -2.37. The van der Waals surface area contributed by atoms with Crippen LogP contribution in [0.2, 0.25) is 0 Å². The summed E-state index contributed by atoms with van der Waals surface area (Å²) in [6, 6.07) is 11.0. The molecule has 2 aromatic rings. The summed E-state index contributed by atoms with van der Waals surface area (Å²) in [7, 11) is 0. The molecule has 1 aliphatic carbocycles. The van der Waals surface area contributed by atoms with E-state index < -0.39 is 0 Å². The number of morpholine rings is 1. The molecule has 0 radical (unpaired) electrons. The Morgan fingerprint density at radius 1 is 1.06 bits per heavy atom. The van der Waals surface area contributed by atoms with Gasteiger partial charge in [-0.05, 0) is 37.1 Å². The Hall–Kier alpha value is -2.93. The van der Waals surface area contributed by atoms with E-state index in [9.17, 15) is 9.59 Å².